The second-order valence-electron chi connectivity index (χ2n) is 5.80. The zero-order valence-electron chi connectivity index (χ0n) is 13.2. The van der Waals surface area contributed by atoms with E-state index < -0.39 is 11.8 Å². The highest BCUT2D eigenvalue weighted by atomic mass is 16.2. The number of piperidine rings is 1. The molecule has 1 heterocycles. The molecule has 2 rings (SSSR count). The van der Waals surface area contributed by atoms with Gasteiger partial charge >= 0.3 is 11.8 Å². The molecule has 0 aliphatic carbocycles. The molecule has 0 unspecified atom stereocenters. The molecule has 5 nitrogen and oxygen atoms in total. The quantitative estimate of drug-likeness (QED) is 0.832. The van der Waals surface area contributed by atoms with Gasteiger partial charge in [0, 0.05) is 18.8 Å². The Morgan fingerprint density at radius 3 is 2.86 bits per heavy atom. The van der Waals surface area contributed by atoms with Crippen LogP contribution >= 0.6 is 0 Å². The third-order valence-corrected chi connectivity index (χ3v) is 4.22. The van der Waals surface area contributed by atoms with Gasteiger partial charge in [0.25, 0.3) is 0 Å². The lowest BCUT2D eigenvalue weighted by Gasteiger charge is -2.32. The van der Waals surface area contributed by atoms with E-state index in [-0.39, 0.29) is 0 Å². The second-order valence-corrected chi connectivity index (χ2v) is 5.80. The van der Waals surface area contributed by atoms with Gasteiger partial charge in [0.05, 0.1) is 0 Å². The molecule has 1 aromatic rings. The molecule has 0 aromatic heterocycles. The second kappa shape index (κ2) is 7.94. The van der Waals surface area contributed by atoms with Crippen molar-refractivity contribution >= 4 is 17.5 Å². The first-order valence-electron chi connectivity index (χ1n) is 8.04. The minimum Gasteiger partial charge on any atom is -0.334 e. The molecule has 1 aliphatic heterocycles. The van der Waals surface area contributed by atoms with E-state index in [1.54, 1.807) is 4.90 Å². The molecular weight excluding hydrogens is 278 g/mol. The third-order valence-electron chi connectivity index (χ3n) is 4.22. The molecule has 0 spiro atoms. The largest absolute Gasteiger partial charge is 0.334 e. The van der Waals surface area contributed by atoms with E-state index in [4.69, 9.17) is 5.73 Å². The molecule has 22 heavy (non-hydrogen) atoms. The van der Waals surface area contributed by atoms with Crippen molar-refractivity contribution in [2.75, 3.05) is 25.0 Å². The van der Waals surface area contributed by atoms with Crippen LogP contribution in [0.5, 0.6) is 0 Å². The molecule has 1 aliphatic rings. The van der Waals surface area contributed by atoms with E-state index >= 15 is 0 Å². The zero-order chi connectivity index (χ0) is 15.9. The number of likely N-dealkylation sites (tertiary alicyclic amines) is 1. The predicted molar refractivity (Wildman–Crippen MR) is 87.4 cm³/mol. The number of amides is 2. The van der Waals surface area contributed by atoms with Crippen molar-refractivity contribution < 1.29 is 9.59 Å². The number of aryl methyl sites for hydroxylation is 1. The Balaban J connectivity index is 1.98. The number of anilines is 1. The Bertz CT molecular complexity index is 528. The average molecular weight is 303 g/mol. The van der Waals surface area contributed by atoms with Crippen LogP contribution in [0.15, 0.2) is 24.3 Å². The highest BCUT2D eigenvalue weighted by molar-refractivity contribution is 6.39. The number of rotatable bonds is 4. The van der Waals surface area contributed by atoms with Crippen LogP contribution in [-0.4, -0.2) is 36.3 Å². The maximum Gasteiger partial charge on any atom is 0.313 e. The summed E-state index contributed by atoms with van der Waals surface area (Å²) in [4.78, 5) is 26.2. The molecule has 0 bridgehead atoms. The maximum absolute atomic E-state index is 12.3. The van der Waals surface area contributed by atoms with Gasteiger partial charge in [-0.2, -0.15) is 0 Å². The number of hydrogen-bond donors (Lipinski definition) is 2. The Morgan fingerprint density at radius 1 is 1.36 bits per heavy atom. The monoisotopic (exact) mass is 303 g/mol. The van der Waals surface area contributed by atoms with Crippen LogP contribution in [0.3, 0.4) is 0 Å². The highest BCUT2D eigenvalue weighted by Crippen LogP contribution is 2.20. The average Bonchev–Trinajstić information content (AvgIpc) is 2.55. The van der Waals surface area contributed by atoms with Crippen LogP contribution in [0.2, 0.25) is 0 Å². The van der Waals surface area contributed by atoms with E-state index in [1.165, 1.54) is 0 Å². The first kappa shape index (κ1) is 16.5. The van der Waals surface area contributed by atoms with Gasteiger partial charge in [-0.25, -0.2) is 0 Å². The maximum atomic E-state index is 12.3. The zero-order valence-corrected chi connectivity index (χ0v) is 13.2. The normalized spacial score (nSPS) is 18.1. The molecule has 1 atom stereocenters. The molecule has 1 saturated heterocycles. The van der Waals surface area contributed by atoms with Gasteiger partial charge in [0.1, 0.15) is 0 Å². The lowest BCUT2D eigenvalue weighted by atomic mass is 9.95. The number of nitrogens with two attached hydrogens (primary N) is 1. The van der Waals surface area contributed by atoms with Crippen LogP contribution in [0.4, 0.5) is 5.69 Å². The summed E-state index contributed by atoms with van der Waals surface area (Å²) in [6.45, 7) is 3.94. The fourth-order valence-corrected chi connectivity index (χ4v) is 2.99. The van der Waals surface area contributed by atoms with Crippen molar-refractivity contribution in [2.24, 2.45) is 11.7 Å². The summed E-state index contributed by atoms with van der Waals surface area (Å²) in [6.07, 6.45) is 3.74. The van der Waals surface area contributed by atoms with E-state index in [2.05, 4.69) is 5.32 Å². The molecule has 0 saturated carbocycles. The van der Waals surface area contributed by atoms with Crippen molar-refractivity contribution in [1.29, 1.82) is 0 Å². The number of nitrogens with one attached hydrogen (secondary N) is 1. The van der Waals surface area contributed by atoms with Crippen LogP contribution in [0, 0.1) is 5.92 Å². The number of hydrogen-bond acceptors (Lipinski definition) is 3. The van der Waals surface area contributed by atoms with Gasteiger partial charge in [0.2, 0.25) is 0 Å². The number of para-hydroxylation sites is 1. The molecule has 0 radical (unpaired) electrons. The Kier molecular flexibility index (Phi) is 5.95. The van der Waals surface area contributed by atoms with Crippen molar-refractivity contribution in [3.63, 3.8) is 0 Å². The summed E-state index contributed by atoms with van der Waals surface area (Å²) < 4.78 is 0. The summed E-state index contributed by atoms with van der Waals surface area (Å²) in [5, 5.41) is 2.75. The lowest BCUT2D eigenvalue weighted by Crippen LogP contribution is -2.45. The van der Waals surface area contributed by atoms with Gasteiger partial charge < -0.3 is 16.0 Å². The van der Waals surface area contributed by atoms with E-state index in [0.29, 0.717) is 25.6 Å². The van der Waals surface area contributed by atoms with Crippen molar-refractivity contribution in [3.8, 4) is 0 Å². The fourth-order valence-electron chi connectivity index (χ4n) is 2.99. The molecule has 1 aromatic carbocycles. The predicted octanol–water partition coefficient (Wildman–Crippen LogP) is 1.77. The van der Waals surface area contributed by atoms with Crippen molar-refractivity contribution in [3.05, 3.63) is 29.8 Å². The molecule has 3 N–H and O–H groups in total. The molecule has 2 amide bonds. The standard InChI is InChI=1S/C17H25N3O2/c1-2-14-7-3-4-8-15(14)19-16(21)17(22)20-11-5-6-13(12-20)9-10-18/h3-4,7-8,13H,2,5-6,9-12,18H2,1H3,(H,19,21)/t13-/m1/s1. The first-order chi connectivity index (χ1) is 10.7. The van der Waals surface area contributed by atoms with Gasteiger partial charge in [-0.3, -0.25) is 9.59 Å². The highest BCUT2D eigenvalue weighted by Gasteiger charge is 2.27. The summed E-state index contributed by atoms with van der Waals surface area (Å²) in [7, 11) is 0. The van der Waals surface area contributed by atoms with Crippen LogP contribution in [-0.2, 0) is 16.0 Å². The molecule has 1 fully saturated rings. The summed E-state index contributed by atoms with van der Waals surface area (Å²) in [6, 6.07) is 7.57. The Hall–Kier alpha value is -1.88. The number of nitrogens with zero attached hydrogens (tertiary/aromatic N) is 1. The smallest absolute Gasteiger partial charge is 0.313 e. The number of benzene rings is 1. The minimum atomic E-state index is -0.547. The van der Waals surface area contributed by atoms with E-state index in [9.17, 15) is 9.59 Å². The number of carbonyl (C=O) groups excluding carboxylic acids is 2. The SMILES string of the molecule is CCc1ccccc1NC(=O)C(=O)N1CCC[C@H](CCN)C1. The van der Waals surface area contributed by atoms with Gasteiger partial charge in [-0.05, 0) is 49.8 Å². The molecule has 120 valence electrons. The van der Waals surface area contributed by atoms with Crippen molar-refractivity contribution in [2.45, 2.75) is 32.6 Å². The Labute approximate surface area is 131 Å². The summed E-state index contributed by atoms with van der Waals surface area (Å²) in [5.41, 5.74) is 7.34. The van der Waals surface area contributed by atoms with Gasteiger partial charge in [-0.15, -0.1) is 0 Å². The van der Waals surface area contributed by atoms with Gasteiger partial charge in [0.15, 0.2) is 0 Å². The lowest BCUT2D eigenvalue weighted by molar-refractivity contribution is -0.144. The van der Waals surface area contributed by atoms with Crippen LogP contribution in [0.1, 0.15) is 31.7 Å². The fraction of sp³-hybridized carbons (Fsp3) is 0.529. The van der Waals surface area contributed by atoms with E-state index in [0.717, 1.165) is 36.9 Å². The minimum absolute atomic E-state index is 0.415. The topological polar surface area (TPSA) is 75.4 Å². The molecule has 5 heteroatoms. The third kappa shape index (κ3) is 4.07. The summed E-state index contributed by atoms with van der Waals surface area (Å²) >= 11 is 0. The molecular formula is C17H25N3O2. The van der Waals surface area contributed by atoms with Crippen LogP contribution in [0.25, 0.3) is 0 Å². The Morgan fingerprint density at radius 2 is 2.14 bits per heavy atom. The van der Waals surface area contributed by atoms with E-state index in [1.807, 2.05) is 31.2 Å². The van der Waals surface area contributed by atoms with Gasteiger partial charge in [-0.1, -0.05) is 25.1 Å². The summed E-state index contributed by atoms with van der Waals surface area (Å²) in [5.74, 6) is -0.569. The van der Waals surface area contributed by atoms with Crippen molar-refractivity contribution in [1.82, 2.24) is 4.90 Å². The van der Waals surface area contributed by atoms with Crippen LogP contribution < -0.4 is 11.1 Å². The first-order valence-corrected chi connectivity index (χ1v) is 8.04. The number of carbonyl (C=O) groups is 2.